The van der Waals surface area contributed by atoms with Crippen LogP contribution in [0.15, 0.2) is 0 Å². The largest absolute Gasteiger partial charge is 0.445 e. The van der Waals surface area contributed by atoms with Gasteiger partial charge < -0.3 is 34.5 Å². The molecule has 3 N–H and O–H groups in total. The van der Waals surface area contributed by atoms with Crippen LogP contribution in [0.4, 0.5) is 4.79 Å². The molecule has 0 bridgehead atoms. The number of carbonyl (C=O) groups is 1. The molecule has 1 amide bonds. The number of aliphatic hydroxyl groups is 2. The second kappa shape index (κ2) is 13.3. The Balaban J connectivity index is 2.89. The topological polar surface area (TPSA) is 106 Å². The van der Waals surface area contributed by atoms with Gasteiger partial charge in [0.15, 0.2) is 6.29 Å². The minimum atomic E-state index is -1.76. The number of ether oxygens (including phenoxy) is 4. The highest BCUT2D eigenvalue weighted by molar-refractivity contribution is 6.67. The van der Waals surface area contributed by atoms with E-state index in [9.17, 15) is 15.0 Å². The van der Waals surface area contributed by atoms with Crippen LogP contribution in [0.25, 0.3) is 0 Å². The number of carbonyl (C=O) groups excluding carboxylic acids is 1. The van der Waals surface area contributed by atoms with Crippen LogP contribution in [-0.2, 0) is 18.9 Å². The predicted octanol–water partition coefficient (Wildman–Crippen LogP) is 2.53. The van der Waals surface area contributed by atoms with Crippen molar-refractivity contribution in [3.8, 4) is 0 Å². The molecule has 1 fully saturated rings. The smallest absolute Gasteiger partial charge is 0.407 e. The highest BCUT2D eigenvalue weighted by atomic mass is 35.6. The number of amides is 1. The van der Waals surface area contributed by atoms with E-state index in [1.165, 1.54) is 0 Å². The molecule has 0 aromatic heterocycles. The van der Waals surface area contributed by atoms with Crippen LogP contribution in [0.3, 0.4) is 0 Å². The van der Waals surface area contributed by atoms with Gasteiger partial charge in [-0.15, -0.1) is 0 Å². The number of nitrogens with one attached hydrogen (secondary N) is 1. The standard InChI is InChI=1S/C17H30Cl3NO7/c1-3-5-7-25-13-11(9-22)28-15(23)12(14(13)26-8-6-4-2)21-16(24)27-10-17(18,19)20/h11-15,22-23H,3-10H2,1-2H3,(H,21,24). The van der Waals surface area contributed by atoms with Gasteiger partial charge in [-0.1, -0.05) is 61.5 Å². The zero-order valence-corrected chi connectivity index (χ0v) is 18.4. The SMILES string of the molecule is CCCCOC1C(CO)OC(O)C(NC(=O)OCC(Cl)(Cl)Cl)C1OCCCC. The first-order valence-corrected chi connectivity index (χ1v) is 10.5. The second-order valence-electron chi connectivity index (χ2n) is 6.49. The maximum Gasteiger partial charge on any atom is 0.407 e. The molecule has 0 saturated carbocycles. The van der Waals surface area contributed by atoms with E-state index in [2.05, 4.69) is 5.32 Å². The van der Waals surface area contributed by atoms with E-state index < -0.39 is 47.1 Å². The first-order valence-electron chi connectivity index (χ1n) is 9.41. The zero-order valence-electron chi connectivity index (χ0n) is 16.1. The fourth-order valence-electron chi connectivity index (χ4n) is 2.67. The number of unbranched alkanes of at least 4 members (excludes halogenated alkanes) is 2. The molecule has 0 aromatic rings. The Bertz CT molecular complexity index is 453. The average Bonchev–Trinajstić information content (AvgIpc) is 2.63. The van der Waals surface area contributed by atoms with Gasteiger partial charge in [-0.2, -0.15) is 0 Å². The lowest BCUT2D eigenvalue weighted by atomic mass is 9.96. The van der Waals surface area contributed by atoms with Gasteiger partial charge in [0.25, 0.3) is 0 Å². The van der Waals surface area contributed by atoms with Crippen molar-refractivity contribution in [2.24, 2.45) is 0 Å². The Morgan fingerprint density at radius 1 is 1.11 bits per heavy atom. The minimum Gasteiger partial charge on any atom is -0.445 e. The lowest BCUT2D eigenvalue weighted by Gasteiger charge is -2.44. The highest BCUT2D eigenvalue weighted by Gasteiger charge is 2.47. The molecule has 28 heavy (non-hydrogen) atoms. The van der Waals surface area contributed by atoms with Crippen molar-refractivity contribution in [3.05, 3.63) is 0 Å². The number of alkyl carbamates (subject to hydrolysis) is 1. The van der Waals surface area contributed by atoms with Gasteiger partial charge >= 0.3 is 6.09 Å². The summed E-state index contributed by atoms with van der Waals surface area (Å²) in [5.41, 5.74) is 0. The summed E-state index contributed by atoms with van der Waals surface area (Å²) in [5.74, 6) is 0. The van der Waals surface area contributed by atoms with Crippen molar-refractivity contribution in [2.45, 2.75) is 74.0 Å². The molecule has 5 atom stereocenters. The molecule has 0 spiro atoms. The summed E-state index contributed by atoms with van der Waals surface area (Å²) in [6.07, 6.45) is -1.17. The van der Waals surface area contributed by atoms with E-state index in [4.69, 9.17) is 53.8 Å². The van der Waals surface area contributed by atoms with Crippen molar-refractivity contribution in [1.82, 2.24) is 5.32 Å². The minimum absolute atomic E-state index is 0.369. The fourth-order valence-corrected chi connectivity index (χ4v) is 2.84. The summed E-state index contributed by atoms with van der Waals surface area (Å²) in [4.78, 5) is 12.1. The van der Waals surface area contributed by atoms with E-state index in [0.717, 1.165) is 25.7 Å². The third kappa shape index (κ3) is 9.17. The van der Waals surface area contributed by atoms with E-state index >= 15 is 0 Å². The number of hydrogen-bond acceptors (Lipinski definition) is 7. The van der Waals surface area contributed by atoms with E-state index in [0.29, 0.717) is 13.2 Å². The maximum atomic E-state index is 12.1. The van der Waals surface area contributed by atoms with Gasteiger partial charge in [0, 0.05) is 13.2 Å². The van der Waals surface area contributed by atoms with Crippen LogP contribution < -0.4 is 5.32 Å². The van der Waals surface area contributed by atoms with Crippen molar-refractivity contribution in [2.75, 3.05) is 26.4 Å². The monoisotopic (exact) mass is 465 g/mol. The molecule has 1 rings (SSSR count). The quantitative estimate of drug-likeness (QED) is 0.317. The fraction of sp³-hybridized carbons (Fsp3) is 0.941. The number of alkyl halides is 3. The summed E-state index contributed by atoms with van der Waals surface area (Å²) in [6, 6.07) is -0.992. The van der Waals surface area contributed by atoms with Gasteiger partial charge in [0.1, 0.15) is 31.0 Å². The summed E-state index contributed by atoms with van der Waals surface area (Å²) in [7, 11) is 0. The van der Waals surface area contributed by atoms with Crippen LogP contribution in [-0.4, -0.2) is 77.2 Å². The molecule has 0 radical (unpaired) electrons. The van der Waals surface area contributed by atoms with E-state index in [1.807, 2.05) is 13.8 Å². The van der Waals surface area contributed by atoms with Crippen molar-refractivity contribution in [3.63, 3.8) is 0 Å². The molecule has 0 aromatic carbocycles. The average molecular weight is 467 g/mol. The third-order valence-corrected chi connectivity index (χ3v) is 4.44. The summed E-state index contributed by atoms with van der Waals surface area (Å²) < 4.78 is 20.3. The molecule has 11 heteroatoms. The first kappa shape index (κ1) is 26.0. The Morgan fingerprint density at radius 2 is 1.68 bits per heavy atom. The number of halogens is 3. The molecule has 166 valence electrons. The van der Waals surface area contributed by atoms with Crippen LogP contribution in [0.2, 0.25) is 0 Å². The lowest BCUT2D eigenvalue weighted by molar-refractivity contribution is -0.270. The molecular weight excluding hydrogens is 437 g/mol. The Kier molecular flexibility index (Phi) is 12.3. The van der Waals surface area contributed by atoms with Gasteiger partial charge in [-0.05, 0) is 12.8 Å². The third-order valence-electron chi connectivity index (χ3n) is 4.11. The van der Waals surface area contributed by atoms with E-state index in [1.54, 1.807) is 0 Å². The molecule has 1 heterocycles. The Morgan fingerprint density at radius 3 is 2.18 bits per heavy atom. The molecule has 1 aliphatic heterocycles. The second-order valence-corrected chi connectivity index (χ2v) is 9.00. The van der Waals surface area contributed by atoms with Crippen LogP contribution >= 0.6 is 34.8 Å². The van der Waals surface area contributed by atoms with Gasteiger partial charge in [-0.3, -0.25) is 0 Å². The van der Waals surface area contributed by atoms with Crippen molar-refractivity contribution < 1.29 is 34.0 Å². The predicted molar refractivity (Wildman–Crippen MR) is 106 cm³/mol. The zero-order chi connectivity index (χ0) is 21.2. The normalized spacial score (nSPS) is 28.2. The molecule has 0 aliphatic carbocycles. The summed E-state index contributed by atoms with van der Waals surface area (Å²) in [6.45, 7) is 4.01. The molecule has 8 nitrogen and oxygen atoms in total. The molecular formula is C17H30Cl3NO7. The number of hydrogen-bond donors (Lipinski definition) is 3. The van der Waals surface area contributed by atoms with E-state index in [-0.39, 0.29) is 6.61 Å². The van der Waals surface area contributed by atoms with Gasteiger partial charge in [0.2, 0.25) is 3.79 Å². The van der Waals surface area contributed by atoms with Crippen molar-refractivity contribution >= 4 is 40.9 Å². The first-order chi connectivity index (χ1) is 13.2. The Hall–Kier alpha value is -0.0600. The van der Waals surface area contributed by atoms with Crippen LogP contribution in [0, 0.1) is 0 Å². The molecule has 1 aliphatic rings. The molecule has 1 saturated heterocycles. The van der Waals surface area contributed by atoms with Crippen molar-refractivity contribution in [1.29, 1.82) is 0 Å². The Labute approximate surface area is 180 Å². The highest BCUT2D eigenvalue weighted by Crippen LogP contribution is 2.27. The number of rotatable bonds is 11. The van der Waals surface area contributed by atoms with Gasteiger partial charge in [0.05, 0.1) is 6.61 Å². The summed E-state index contributed by atoms with van der Waals surface area (Å²) in [5, 5.41) is 22.5. The maximum absolute atomic E-state index is 12.1. The van der Waals surface area contributed by atoms with Crippen LogP contribution in [0.5, 0.6) is 0 Å². The number of aliphatic hydroxyl groups excluding tert-OH is 2. The lowest BCUT2D eigenvalue weighted by Crippen LogP contribution is -2.65. The van der Waals surface area contributed by atoms with Crippen LogP contribution in [0.1, 0.15) is 39.5 Å². The summed E-state index contributed by atoms with van der Waals surface area (Å²) >= 11 is 16.7. The van der Waals surface area contributed by atoms with Gasteiger partial charge in [-0.25, -0.2) is 4.79 Å². The molecule has 5 unspecified atom stereocenters.